The van der Waals surface area contributed by atoms with E-state index in [-0.39, 0.29) is 30.0 Å². The van der Waals surface area contributed by atoms with Crippen molar-refractivity contribution in [2.45, 2.75) is 25.4 Å². The average Bonchev–Trinajstić information content (AvgIpc) is 3.55. The minimum absolute atomic E-state index is 0. The molecule has 0 bridgehead atoms. The fourth-order valence-corrected chi connectivity index (χ4v) is 4.14. The normalized spacial score (nSPS) is 15.0. The number of ether oxygens (including phenoxy) is 1. The van der Waals surface area contributed by atoms with Crippen molar-refractivity contribution in [2.75, 3.05) is 33.8 Å². The quantitative estimate of drug-likeness (QED) is 0.219. The molecule has 3 N–H and O–H groups in total. The molecule has 1 aliphatic heterocycles. The fraction of sp³-hybridized carbons (Fsp3) is 0.360. The zero-order chi connectivity index (χ0) is 22.2. The molecule has 33 heavy (non-hydrogen) atoms. The number of aromatic amines is 1. The van der Waals surface area contributed by atoms with E-state index in [4.69, 9.17) is 4.74 Å². The Kier molecular flexibility index (Phi) is 9.56. The molecule has 0 saturated carbocycles. The molecular weight excluding hydrogens is 527 g/mol. The molecule has 2 heterocycles. The highest BCUT2D eigenvalue weighted by Gasteiger charge is 2.23. The van der Waals surface area contributed by atoms with Crippen LogP contribution in [-0.2, 0) is 6.54 Å². The Labute approximate surface area is 213 Å². The highest BCUT2D eigenvalue weighted by Crippen LogP contribution is 2.26. The summed E-state index contributed by atoms with van der Waals surface area (Å²) in [6, 6.07) is 18.9. The lowest BCUT2D eigenvalue weighted by Crippen LogP contribution is -2.42. The number of aromatic nitrogens is 2. The summed E-state index contributed by atoms with van der Waals surface area (Å²) in [4.78, 5) is 14.8. The van der Waals surface area contributed by atoms with Crippen LogP contribution in [0.25, 0.3) is 11.3 Å². The van der Waals surface area contributed by atoms with Gasteiger partial charge in [0.2, 0.25) is 0 Å². The maximum atomic E-state index is 5.33. The van der Waals surface area contributed by atoms with Gasteiger partial charge in [0.1, 0.15) is 11.6 Å². The largest absolute Gasteiger partial charge is 0.497 e. The van der Waals surface area contributed by atoms with Crippen LogP contribution in [0.1, 0.15) is 30.3 Å². The van der Waals surface area contributed by atoms with Crippen molar-refractivity contribution in [3.05, 3.63) is 72.2 Å². The Morgan fingerprint density at radius 2 is 1.82 bits per heavy atom. The molecule has 1 unspecified atom stereocenters. The molecule has 8 heteroatoms. The van der Waals surface area contributed by atoms with Gasteiger partial charge in [0.15, 0.2) is 5.96 Å². The van der Waals surface area contributed by atoms with Crippen LogP contribution in [0.4, 0.5) is 0 Å². The van der Waals surface area contributed by atoms with Crippen LogP contribution < -0.4 is 15.4 Å². The van der Waals surface area contributed by atoms with Gasteiger partial charge in [-0.1, -0.05) is 42.5 Å². The number of guanidine groups is 1. The van der Waals surface area contributed by atoms with Crippen LogP contribution in [0.15, 0.2) is 65.8 Å². The molecule has 0 spiro atoms. The topological polar surface area (TPSA) is 77.6 Å². The van der Waals surface area contributed by atoms with E-state index < -0.39 is 0 Å². The van der Waals surface area contributed by atoms with Gasteiger partial charge in [0.05, 0.1) is 31.6 Å². The van der Waals surface area contributed by atoms with Crippen molar-refractivity contribution in [3.63, 3.8) is 0 Å². The summed E-state index contributed by atoms with van der Waals surface area (Å²) in [5, 5.41) is 6.88. The van der Waals surface area contributed by atoms with Crippen molar-refractivity contribution in [1.29, 1.82) is 0 Å². The first-order valence-electron chi connectivity index (χ1n) is 11.2. The Morgan fingerprint density at radius 3 is 2.48 bits per heavy atom. The molecule has 176 valence electrons. The number of methoxy groups -OCH3 is 1. The number of aliphatic imine (C=N–C) groups is 1. The first kappa shape index (κ1) is 25.0. The Hall–Kier alpha value is -2.59. The first-order valence-corrected chi connectivity index (χ1v) is 11.2. The van der Waals surface area contributed by atoms with E-state index in [2.05, 4.69) is 54.8 Å². The number of imidazole rings is 1. The van der Waals surface area contributed by atoms with E-state index in [1.807, 2.05) is 36.5 Å². The molecule has 1 fully saturated rings. The van der Waals surface area contributed by atoms with E-state index in [0.29, 0.717) is 6.54 Å². The van der Waals surface area contributed by atoms with Gasteiger partial charge in [0, 0.05) is 13.6 Å². The number of hydrogen-bond donors (Lipinski definition) is 3. The number of hydrogen-bond acceptors (Lipinski definition) is 4. The molecule has 1 aromatic heterocycles. The standard InChI is InChI=1S/C25H32N6O.HI/c1-26-25(29-18-24-27-16-22(30-24)19-8-4-3-5-9-19)28-17-23(31-14-6-7-15-31)20-10-12-21(32-2)13-11-20;/h3-5,8-13,16,23H,6-7,14-15,17-18H2,1-2H3,(H,27,30)(H2,26,28,29);1H. The molecule has 0 amide bonds. The van der Waals surface area contributed by atoms with Gasteiger partial charge in [-0.25, -0.2) is 4.98 Å². The lowest BCUT2D eigenvalue weighted by Gasteiger charge is -2.29. The predicted octanol–water partition coefficient (Wildman–Crippen LogP) is 4.21. The lowest BCUT2D eigenvalue weighted by atomic mass is 10.1. The van der Waals surface area contributed by atoms with E-state index in [1.54, 1.807) is 14.2 Å². The third kappa shape index (κ3) is 6.70. The number of nitrogens with one attached hydrogen (secondary N) is 3. The van der Waals surface area contributed by atoms with Gasteiger partial charge in [-0.15, -0.1) is 24.0 Å². The summed E-state index contributed by atoms with van der Waals surface area (Å²) in [5.74, 6) is 2.52. The van der Waals surface area contributed by atoms with E-state index in [9.17, 15) is 0 Å². The molecular formula is C25H33IN6O. The van der Waals surface area contributed by atoms with Gasteiger partial charge < -0.3 is 20.4 Å². The molecule has 1 aliphatic rings. The van der Waals surface area contributed by atoms with Crippen molar-refractivity contribution >= 4 is 29.9 Å². The van der Waals surface area contributed by atoms with Crippen LogP contribution in [0.2, 0.25) is 0 Å². The number of nitrogens with zero attached hydrogens (tertiary/aromatic N) is 3. The number of H-pyrrole nitrogens is 1. The van der Waals surface area contributed by atoms with Crippen LogP contribution in [0.5, 0.6) is 5.75 Å². The first-order chi connectivity index (χ1) is 15.8. The smallest absolute Gasteiger partial charge is 0.191 e. The fourth-order valence-electron chi connectivity index (χ4n) is 4.14. The Balaban J connectivity index is 0.00000306. The molecule has 2 aromatic carbocycles. The average molecular weight is 560 g/mol. The predicted molar refractivity (Wildman–Crippen MR) is 144 cm³/mol. The van der Waals surface area contributed by atoms with Gasteiger partial charge in [0.25, 0.3) is 0 Å². The number of halogens is 1. The van der Waals surface area contributed by atoms with Crippen molar-refractivity contribution < 1.29 is 4.74 Å². The van der Waals surface area contributed by atoms with E-state index in [0.717, 1.165) is 48.4 Å². The summed E-state index contributed by atoms with van der Waals surface area (Å²) < 4.78 is 5.33. The van der Waals surface area contributed by atoms with Crippen LogP contribution in [0.3, 0.4) is 0 Å². The number of benzene rings is 2. The van der Waals surface area contributed by atoms with Crippen molar-refractivity contribution in [2.24, 2.45) is 4.99 Å². The van der Waals surface area contributed by atoms with Crippen LogP contribution >= 0.6 is 24.0 Å². The Morgan fingerprint density at radius 1 is 1.09 bits per heavy atom. The maximum absolute atomic E-state index is 5.33. The summed E-state index contributed by atoms with van der Waals surface area (Å²) in [5.41, 5.74) is 3.43. The minimum Gasteiger partial charge on any atom is -0.497 e. The monoisotopic (exact) mass is 560 g/mol. The third-order valence-corrected chi connectivity index (χ3v) is 5.90. The SMILES string of the molecule is CN=C(NCc1ncc(-c2ccccc2)[nH]1)NCC(c1ccc(OC)cc1)N1CCCC1.I. The molecule has 3 aromatic rings. The molecule has 1 saturated heterocycles. The second-order valence-electron chi connectivity index (χ2n) is 7.95. The Bertz CT molecular complexity index is 999. The van der Waals surface area contributed by atoms with Crippen molar-refractivity contribution in [1.82, 2.24) is 25.5 Å². The van der Waals surface area contributed by atoms with Crippen LogP contribution in [0, 0.1) is 0 Å². The highest BCUT2D eigenvalue weighted by molar-refractivity contribution is 14.0. The molecule has 4 rings (SSSR count). The minimum atomic E-state index is 0. The number of rotatable bonds is 8. The second-order valence-corrected chi connectivity index (χ2v) is 7.95. The summed E-state index contributed by atoms with van der Waals surface area (Å²) in [7, 11) is 3.50. The highest BCUT2D eigenvalue weighted by atomic mass is 127. The maximum Gasteiger partial charge on any atom is 0.191 e. The van der Waals surface area contributed by atoms with Crippen LogP contribution in [-0.4, -0.2) is 54.6 Å². The van der Waals surface area contributed by atoms with Gasteiger partial charge in [-0.05, 0) is 49.2 Å². The zero-order valence-corrected chi connectivity index (χ0v) is 21.6. The third-order valence-electron chi connectivity index (χ3n) is 5.90. The summed E-state index contributed by atoms with van der Waals surface area (Å²) in [6.07, 6.45) is 4.37. The lowest BCUT2D eigenvalue weighted by molar-refractivity contribution is 0.245. The zero-order valence-electron chi connectivity index (χ0n) is 19.3. The summed E-state index contributed by atoms with van der Waals surface area (Å²) in [6.45, 7) is 3.60. The molecule has 0 aliphatic carbocycles. The molecule has 7 nitrogen and oxygen atoms in total. The van der Waals surface area contributed by atoms with E-state index in [1.165, 1.54) is 18.4 Å². The van der Waals surface area contributed by atoms with Crippen molar-refractivity contribution in [3.8, 4) is 17.0 Å². The van der Waals surface area contributed by atoms with Gasteiger partial charge in [-0.2, -0.15) is 0 Å². The molecule has 1 atom stereocenters. The molecule has 0 radical (unpaired) electrons. The van der Waals surface area contributed by atoms with Gasteiger partial charge in [-0.3, -0.25) is 9.89 Å². The summed E-state index contributed by atoms with van der Waals surface area (Å²) >= 11 is 0. The van der Waals surface area contributed by atoms with E-state index >= 15 is 0 Å². The van der Waals surface area contributed by atoms with Gasteiger partial charge >= 0.3 is 0 Å². The second kappa shape index (κ2) is 12.6. The number of likely N-dealkylation sites (tertiary alicyclic amines) is 1.